The molecular formula is C11H16N4OS. The van der Waals surface area contributed by atoms with E-state index in [9.17, 15) is 4.79 Å². The Balaban J connectivity index is 2.16. The first-order valence-corrected chi connectivity index (χ1v) is 6.37. The maximum absolute atomic E-state index is 11.8. The van der Waals surface area contributed by atoms with E-state index in [4.69, 9.17) is 0 Å². The predicted octanol–water partition coefficient (Wildman–Crippen LogP) is 0.407. The highest BCUT2D eigenvalue weighted by molar-refractivity contribution is 7.15. The fraction of sp³-hybridized carbons (Fsp3) is 0.455. The third-order valence-electron chi connectivity index (χ3n) is 2.53. The van der Waals surface area contributed by atoms with Crippen LogP contribution in [0, 0.1) is 0 Å². The summed E-state index contributed by atoms with van der Waals surface area (Å²) in [7, 11) is 3.95. The third kappa shape index (κ3) is 2.91. The smallest absolute Gasteiger partial charge is 0.258 e. The summed E-state index contributed by atoms with van der Waals surface area (Å²) >= 11 is 1.48. The molecule has 0 saturated carbocycles. The lowest BCUT2D eigenvalue weighted by molar-refractivity contribution is 0.324. The van der Waals surface area contributed by atoms with Crippen LogP contribution in [-0.2, 0) is 6.54 Å². The molecule has 17 heavy (non-hydrogen) atoms. The SMILES string of the molecule is CNCCN(C)Cc1cc(=O)n2ccsc2n1. The summed E-state index contributed by atoms with van der Waals surface area (Å²) in [6, 6.07) is 1.61. The average molecular weight is 252 g/mol. The van der Waals surface area contributed by atoms with Crippen molar-refractivity contribution in [3.8, 4) is 0 Å². The van der Waals surface area contributed by atoms with Crippen molar-refractivity contribution in [1.82, 2.24) is 19.6 Å². The Morgan fingerprint density at radius 1 is 1.59 bits per heavy atom. The minimum atomic E-state index is -0.00623. The first kappa shape index (κ1) is 12.2. The Bertz CT molecular complexity index is 548. The van der Waals surface area contributed by atoms with Gasteiger partial charge in [0.1, 0.15) is 0 Å². The maximum atomic E-state index is 11.8. The zero-order valence-electron chi connectivity index (χ0n) is 10.0. The maximum Gasteiger partial charge on any atom is 0.258 e. The Kier molecular flexibility index (Phi) is 3.88. The molecular weight excluding hydrogens is 236 g/mol. The number of fused-ring (bicyclic) bond motifs is 1. The number of hydrogen-bond donors (Lipinski definition) is 1. The number of hydrogen-bond acceptors (Lipinski definition) is 5. The van der Waals surface area contributed by atoms with Gasteiger partial charge < -0.3 is 5.32 Å². The minimum Gasteiger partial charge on any atom is -0.318 e. The van der Waals surface area contributed by atoms with E-state index in [0.717, 1.165) is 23.7 Å². The molecule has 0 amide bonds. The van der Waals surface area contributed by atoms with Gasteiger partial charge in [0, 0.05) is 37.3 Å². The number of rotatable bonds is 5. The van der Waals surface area contributed by atoms with Gasteiger partial charge in [0.2, 0.25) is 0 Å². The largest absolute Gasteiger partial charge is 0.318 e. The number of nitrogens with one attached hydrogen (secondary N) is 1. The summed E-state index contributed by atoms with van der Waals surface area (Å²) in [6.45, 7) is 2.56. The van der Waals surface area contributed by atoms with Crippen molar-refractivity contribution in [2.75, 3.05) is 27.2 Å². The van der Waals surface area contributed by atoms with E-state index in [1.807, 2.05) is 19.5 Å². The lowest BCUT2D eigenvalue weighted by Crippen LogP contribution is -2.28. The number of nitrogens with zero attached hydrogens (tertiary/aromatic N) is 3. The molecule has 5 nitrogen and oxygen atoms in total. The van der Waals surface area contributed by atoms with Crippen molar-refractivity contribution in [2.24, 2.45) is 0 Å². The van der Waals surface area contributed by atoms with Gasteiger partial charge in [-0.3, -0.25) is 14.1 Å². The van der Waals surface area contributed by atoms with Gasteiger partial charge in [-0.05, 0) is 14.1 Å². The van der Waals surface area contributed by atoms with Crippen molar-refractivity contribution in [1.29, 1.82) is 0 Å². The van der Waals surface area contributed by atoms with Gasteiger partial charge in [0.25, 0.3) is 5.56 Å². The van der Waals surface area contributed by atoms with Crippen LogP contribution in [0.5, 0.6) is 0 Å². The average Bonchev–Trinajstić information content (AvgIpc) is 2.75. The standard InChI is InChI=1S/C11H16N4OS/c1-12-3-4-14(2)8-9-7-10(16)15-5-6-17-11(15)13-9/h5-7,12H,3-4,8H2,1-2H3. The molecule has 2 aromatic heterocycles. The molecule has 0 bridgehead atoms. The van der Waals surface area contributed by atoms with Crippen molar-refractivity contribution in [3.63, 3.8) is 0 Å². The van der Waals surface area contributed by atoms with Crippen LogP contribution in [0.2, 0.25) is 0 Å². The highest BCUT2D eigenvalue weighted by Gasteiger charge is 2.05. The first-order chi connectivity index (χ1) is 8.20. The summed E-state index contributed by atoms with van der Waals surface area (Å²) in [6.07, 6.45) is 1.75. The molecule has 1 N–H and O–H groups in total. The molecule has 6 heteroatoms. The van der Waals surface area contributed by atoms with Gasteiger partial charge in [-0.1, -0.05) is 0 Å². The summed E-state index contributed by atoms with van der Waals surface area (Å²) in [4.78, 5) is 19.1. The molecule has 92 valence electrons. The monoisotopic (exact) mass is 252 g/mol. The van der Waals surface area contributed by atoms with Crippen LogP contribution in [0.4, 0.5) is 0 Å². The molecule has 2 aromatic rings. The Morgan fingerprint density at radius 3 is 3.18 bits per heavy atom. The van der Waals surface area contributed by atoms with Crippen LogP contribution in [0.25, 0.3) is 4.96 Å². The molecule has 2 heterocycles. The summed E-state index contributed by atoms with van der Waals surface area (Å²) in [5.41, 5.74) is 0.823. The van der Waals surface area contributed by atoms with Crippen molar-refractivity contribution in [3.05, 3.63) is 33.7 Å². The molecule has 0 aromatic carbocycles. The van der Waals surface area contributed by atoms with E-state index in [0.29, 0.717) is 6.54 Å². The normalized spacial score (nSPS) is 11.5. The molecule has 0 unspecified atom stereocenters. The van der Waals surface area contributed by atoms with Gasteiger partial charge >= 0.3 is 0 Å². The van der Waals surface area contributed by atoms with Crippen LogP contribution < -0.4 is 10.9 Å². The third-order valence-corrected chi connectivity index (χ3v) is 3.29. The van der Waals surface area contributed by atoms with Gasteiger partial charge in [-0.25, -0.2) is 4.98 Å². The second kappa shape index (κ2) is 5.39. The quantitative estimate of drug-likeness (QED) is 0.837. The van der Waals surface area contributed by atoms with Gasteiger partial charge in [-0.2, -0.15) is 0 Å². The van der Waals surface area contributed by atoms with Crippen LogP contribution in [-0.4, -0.2) is 41.5 Å². The molecule has 0 aliphatic carbocycles. The number of aromatic nitrogens is 2. The zero-order chi connectivity index (χ0) is 12.3. The molecule has 0 aliphatic heterocycles. The van der Waals surface area contributed by atoms with Crippen LogP contribution in [0.1, 0.15) is 5.69 Å². The van der Waals surface area contributed by atoms with Gasteiger partial charge in [0.05, 0.1) is 5.69 Å². The summed E-state index contributed by atoms with van der Waals surface area (Å²) < 4.78 is 1.57. The molecule has 0 radical (unpaired) electrons. The van der Waals surface area contributed by atoms with Crippen molar-refractivity contribution >= 4 is 16.3 Å². The number of likely N-dealkylation sites (N-methyl/N-ethyl adjacent to an activating group) is 2. The topological polar surface area (TPSA) is 49.6 Å². The van der Waals surface area contributed by atoms with E-state index < -0.39 is 0 Å². The molecule has 0 saturated heterocycles. The molecule has 0 fully saturated rings. The fourth-order valence-electron chi connectivity index (χ4n) is 1.63. The van der Waals surface area contributed by atoms with Crippen molar-refractivity contribution in [2.45, 2.75) is 6.54 Å². The highest BCUT2D eigenvalue weighted by Crippen LogP contribution is 2.07. The van der Waals surface area contributed by atoms with Crippen LogP contribution in [0.3, 0.4) is 0 Å². The fourth-order valence-corrected chi connectivity index (χ4v) is 2.37. The second-order valence-corrected chi connectivity index (χ2v) is 4.86. The Hall–Kier alpha value is -1.24. The molecule has 2 rings (SSSR count). The van der Waals surface area contributed by atoms with Gasteiger partial charge in [-0.15, -0.1) is 11.3 Å². The Morgan fingerprint density at radius 2 is 2.41 bits per heavy atom. The van der Waals surface area contributed by atoms with E-state index in [1.54, 1.807) is 16.7 Å². The predicted molar refractivity (Wildman–Crippen MR) is 69.6 cm³/mol. The molecule has 0 atom stereocenters. The van der Waals surface area contributed by atoms with E-state index in [-0.39, 0.29) is 5.56 Å². The molecule has 0 spiro atoms. The first-order valence-electron chi connectivity index (χ1n) is 5.49. The minimum absolute atomic E-state index is 0.00623. The zero-order valence-corrected chi connectivity index (χ0v) is 10.8. The summed E-state index contributed by atoms with van der Waals surface area (Å²) in [5.74, 6) is 0. The Labute approximate surface area is 104 Å². The van der Waals surface area contributed by atoms with E-state index >= 15 is 0 Å². The van der Waals surface area contributed by atoms with E-state index in [1.165, 1.54) is 11.3 Å². The van der Waals surface area contributed by atoms with E-state index in [2.05, 4.69) is 15.2 Å². The second-order valence-electron chi connectivity index (χ2n) is 3.98. The van der Waals surface area contributed by atoms with Gasteiger partial charge in [0.15, 0.2) is 4.96 Å². The summed E-state index contributed by atoms with van der Waals surface area (Å²) in [5, 5.41) is 4.97. The van der Waals surface area contributed by atoms with Crippen LogP contribution >= 0.6 is 11.3 Å². The number of thiazole rings is 1. The molecule has 0 aliphatic rings. The highest BCUT2D eigenvalue weighted by atomic mass is 32.1. The van der Waals surface area contributed by atoms with Crippen molar-refractivity contribution < 1.29 is 0 Å². The van der Waals surface area contributed by atoms with Crippen LogP contribution in [0.15, 0.2) is 22.4 Å². The lowest BCUT2D eigenvalue weighted by Gasteiger charge is -2.15. The lowest BCUT2D eigenvalue weighted by atomic mass is 10.3.